The van der Waals surface area contributed by atoms with Crippen LogP contribution in [-0.2, 0) is 6.42 Å². The summed E-state index contributed by atoms with van der Waals surface area (Å²) in [4.78, 5) is 36.5. The molecule has 9 heteroatoms. The van der Waals surface area contributed by atoms with Gasteiger partial charge in [0.05, 0.1) is 35.0 Å². The topological polar surface area (TPSA) is 93.7 Å². The number of nitrogens with one attached hydrogen (secondary N) is 1. The van der Waals surface area contributed by atoms with Gasteiger partial charge in [0.1, 0.15) is 17.2 Å². The quantitative estimate of drug-likeness (QED) is 0.356. The maximum absolute atomic E-state index is 13.7. The first-order valence-electron chi connectivity index (χ1n) is 12.7. The Morgan fingerprint density at radius 1 is 0.974 bits per heavy atom. The van der Waals surface area contributed by atoms with Gasteiger partial charge in [-0.05, 0) is 65.9 Å². The summed E-state index contributed by atoms with van der Waals surface area (Å²) in [5.41, 5.74) is 3.86. The Labute approximate surface area is 230 Å². The van der Waals surface area contributed by atoms with E-state index < -0.39 is 0 Å². The molecule has 5 heterocycles. The molecule has 3 aliphatic rings. The van der Waals surface area contributed by atoms with Gasteiger partial charge in [-0.2, -0.15) is 0 Å². The van der Waals surface area contributed by atoms with Crippen LogP contribution in [0.4, 0.5) is 0 Å². The summed E-state index contributed by atoms with van der Waals surface area (Å²) in [5, 5.41) is 3.31. The zero-order valence-corrected chi connectivity index (χ0v) is 21.7. The zero-order valence-electron chi connectivity index (χ0n) is 21.0. The Morgan fingerprint density at radius 2 is 1.87 bits per heavy atom. The number of nitrogens with zero attached hydrogens (tertiary/aromatic N) is 3. The lowest BCUT2D eigenvalue weighted by atomic mass is 9.87. The molecule has 4 aromatic rings. The van der Waals surface area contributed by atoms with Gasteiger partial charge in [-0.25, -0.2) is 0 Å². The molecular formula is C30H25ClN4O4. The molecule has 1 N–H and O–H groups in total. The van der Waals surface area contributed by atoms with Crippen molar-refractivity contribution >= 4 is 23.4 Å². The van der Waals surface area contributed by atoms with Gasteiger partial charge in [0.2, 0.25) is 0 Å². The van der Waals surface area contributed by atoms with Crippen LogP contribution in [0.2, 0.25) is 5.02 Å². The number of hydrogen-bond donors (Lipinski definition) is 1. The van der Waals surface area contributed by atoms with Crippen molar-refractivity contribution in [2.75, 3.05) is 19.7 Å². The van der Waals surface area contributed by atoms with E-state index in [2.05, 4.69) is 15.3 Å². The van der Waals surface area contributed by atoms with Crippen LogP contribution < -0.4 is 14.8 Å². The maximum Gasteiger partial charge on any atom is 0.256 e. The van der Waals surface area contributed by atoms with Gasteiger partial charge in [-0.1, -0.05) is 29.8 Å². The molecule has 2 amide bonds. The standard InChI is InChI=1S/C30H25ClN4O4/c31-23-11-22(16-32-17-23)30(37)35-9-7-19-12-25-5-6-27(19)28(35)20-3-1-4-24(13-20)38-10-2-8-34-29(36)21-14-26(39-25)18-33-15-21/h1,3-6,11-18,28H,2,7-10H2,(H,34,36). The third kappa shape index (κ3) is 5.28. The molecule has 0 fully saturated rings. The SMILES string of the molecule is O=C1NCCCOc2cccc(c2)C2c3ccc(cc3CCN2C(=O)c2cncc(Cl)c2)Oc2cncc1c2. The lowest BCUT2D eigenvalue weighted by Crippen LogP contribution is -2.40. The minimum atomic E-state index is -0.346. The van der Waals surface area contributed by atoms with E-state index in [0.29, 0.717) is 65.9 Å². The molecule has 196 valence electrons. The maximum atomic E-state index is 13.7. The van der Waals surface area contributed by atoms with Crippen molar-refractivity contribution in [1.82, 2.24) is 20.2 Å². The summed E-state index contributed by atoms with van der Waals surface area (Å²) in [6, 6.07) is 16.6. The highest BCUT2D eigenvalue weighted by molar-refractivity contribution is 6.30. The molecule has 0 radical (unpaired) electrons. The van der Waals surface area contributed by atoms with Crippen molar-refractivity contribution in [3.63, 3.8) is 0 Å². The van der Waals surface area contributed by atoms with Gasteiger partial charge in [0.25, 0.3) is 11.8 Å². The van der Waals surface area contributed by atoms with Crippen LogP contribution >= 0.6 is 11.6 Å². The molecule has 2 aromatic carbocycles. The minimum absolute atomic E-state index is 0.145. The smallest absolute Gasteiger partial charge is 0.256 e. The Kier molecular flexibility index (Phi) is 6.85. The minimum Gasteiger partial charge on any atom is -0.494 e. The molecule has 1 atom stereocenters. The zero-order chi connectivity index (χ0) is 26.8. The van der Waals surface area contributed by atoms with E-state index in [9.17, 15) is 9.59 Å². The van der Waals surface area contributed by atoms with E-state index in [-0.39, 0.29) is 17.9 Å². The second-order valence-electron chi connectivity index (χ2n) is 9.45. The molecule has 39 heavy (non-hydrogen) atoms. The molecule has 0 saturated heterocycles. The number of pyridine rings is 2. The Morgan fingerprint density at radius 3 is 2.77 bits per heavy atom. The van der Waals surface area contributed by atoms with Crippen LogP contribution in [0.3, 0.4) is 0 Å². The second-order valence-corrected chi connectivity index (χ2v) is 9.88. The summed E-state index contributed by atoms with van der Waals surface area (Å²) < 4.78 is 12.1. The van der Waals surface area contributed by atoms with Crippen LogP contribution in [0.5, 0.6) is 17.2 Å². The van der Waals surface area contributed by atoms with Crippen LogP contribution in [-0.4, -0.2) is 46.4 Å². The Balaban J connectivity index is 1.43. The predicted octanol–water partition coefficient (Wildman–Crippen LogP) is 5.22. The van der Waals surface area contributed by atoms with Gasteiger partial charge in [0.15, 0.2) is 0 Å². The van der Waals surface area contributed by atoms with Gasteiger partial charge < -0.3 is 19.7 Å². The summed E-state index contributed by atoms with van der Waals surface area (Å²) in [6.45, 7) is 1.37. The third-order valence-electron chi connectivity index (χ3n) is 6.82. The van der Waals surface area contributed by atoms with Gasteiger partial charge in [-0.3, -0.25) is 19.6 Å². The highest BCUT2D eigenvalue weighted by Crippen LogP contribution is 2.39. The van der Waals surface area contributed by atoms with Crippen LogP contribution in [0.1, 0.15) is 49.9 Å². The molecule has 8 nitrogen and oxygen atoms in total. The van der Waals surface area contributed by atoms with E-state index in [4.69, 9.17) is 21.1 Å². The van der Waals surface area contributed by atoms with Gasteiger partial charge in [0, 0.05) is 31.7 Å². The van der Waals surface area contributed by atoms with E-state index in [1.54, 1.807) is 24.5 Å². The fourth-order valence-corrected chi connectivity index (χ4v) is 5.19. The summed E-state index contributed by atoms with van der Waals surface area (Å²) in [6.07, 6.45) is 7.42. The number of aromatic nitrogens is 2. The molecule has 0 saturated carbocycles. The summed E-state index contributed by atoms with van der Waals surface area (Å²) in [5.74, 6) is 1.43. The van der Waals surface area contributed by atoms with Crippen molar-refractivity contribution < 1.29 is 19.1 Å². The van der Waals surface area contributed by atoms with Crippen LogP contribution in [0, 0.1) is 0 Å². The van der Waals surface area contributed by atoms with Crippen molar-refractivity contribution in [2.24, 2.45) is 0 Å². The fourth-order valence-electron chi connectivity index (χ4n) is 5.02. The van der Waals surface area contributed by atoms with Gasteiger partial charge in [-0.15, -0.1) is 0 Å². The number of hydrogen-bond acceptors (Lipinski definition) is 6. The van der Waals surface area contributed by atoms with Crippen LogP contribution in [0.25, 0.3) is 0 Å². The fraction of sp³-hybridized carbons (Fsp3) is 0.200. The molecule has 0 spiro atoms. The van der Waals surface area contributed by atoms with E-state index in [0.717, 1.165) is 16.7 Å². The molecule has 3 aliphatic heterocycles. The number of fused-ring (bicyclic) bond motifs is 6. The molecule has 8 bridgehead atoms. The molecule has 0 aliphatic carbocycles. The van der Waals surface area contributed by atoms with Crippen molar-refractivity contribution in [3.8, 4) is 17.2 Å². The number of rotatable bonds is 1. The number of amides is 2. The van der Waals surface area contributed by atoms with E-state index in [1.807, 2.05) is 47.4 Å². The lowest BCUT2D eigenvalue weighted by molar-refractivity contribution is 0.0693. The third-order valence-corrected chi connectivity index (χ3v) is 7.02. The highest BCUT2D eigenvalue weighted by atomic mass is 35.5. The molecule has 7 rings (SSSR count). The van der Waals surface area contributed by atoms with Gasteiger partial charge >= 0.3 is 0 Å². The first-order chi connectivity index (χ1) is 19.0. The highest BCUT2D eigenvalue weighted by Gasteiger charge is 2.33. The Hall–Kier alpha value is -4.43. The molecule has 2 aromatic heterocycles. The largest absolute Gasteiger partial charge is 0.494 e. The molecule has 1 unspecified atom stereocenters. The first kappa shape index (κ1) is 24.9. The van der Waals surface area contributed by atoms with Crippen molar-refractivity contribution in [2.45, 2.75) is 18.9 Å². The summed E-state index contributed by atoms with van der Waals surface area (Å²) >= 11 is 6.16. The number of carbonyl (C=O) groups is 2. The average molecular weight is 541 g/mol. The monoisotopic (exact) mass is 540 g/mol. The summed E-state index contributed by atoms with van der Waals surface area (Å²) in [7, 11) is 0. The van der Waals surface area contributed by atoms with Crippen molar-refractivity contribution in [3.05, 3.63) is 112 Å². The number of ether oxygens (including phenoxy) is 2. The van der Waals surface area contributed by atoms with E-state index in [1.165, 1.54) is 12.4 Å². The number of benzene rings is 2. The number of halogens is 1. The predicted molar refractivity (Wildman–Crippen MR) is 145 cm³/mol. The Bertz CT molecular complexity index is 1560. The normalized spacial score (nSPS) is 16.8. The van der Waals surface area contributed by atoms with E-state index >= 15 is 0 Å². The van der Waals surface area contributed by atoms with Crippen LogP contribution in [0.15, 0.2) is 79.4 Å². The second kappa shape index (κ2) is 10.7. The van der Waals surface area contributed by atoms with Crippen molar-refractivity contribution in [1.29, 1.82) is 0 Å². The lowest BCUT2D eigenvalue weighted by Gasteiger charge is -2.38. The first-order valence-corrected chi connectivity index (χ1v) is 13.1. The average Bonchev–Trinajstić information content (AvgIpc) is 2.95. The molecular weight excluding hydrogens is 516 g/mol. The number of carbonyl (C=O) groups excluding carboxylic acids is 2.